The van der Waals surface area contributed by atoms with Gasteiger partial charge in [-0.05, 0) is 116 Å². The van der Waals surface area contributed by atoms with Gasteiger partial charge in [-0.15, -0.1) is 0 Å². The molecule has 0 aromatic heterocycles. The summed E-state index contributed by atoms with van der Waals surface area (Å²) < 4.78 is 16.9. The summed E-state index contributed by atoms with van der Waals surface area (Å²) in [5, 5.41) is 0. The molecular formula is C66H112O6. The summed E-state index contributed by atoms with van der Waals surface area (Å²) in [4.78, 5) is 38.2. The monoisotopic (exact) mass is 1000 g/mol. The maximum absolute atomic E-state index is 12.9. The molecule has 0 aromatic carbocycles. The van der Waals surface area contributed by atoms with Gasteiger partial charge in [0.1, 0.15) is 13.2 Å². The number of rotatable bonds is 54. The van der Waals surface area contributed by atoms with Crippen LogP contribution in [0.5, 0.6) is 0 Å². The van der Waals surface area contributed by atoms with E-state index in [9.17, 15) is 14.4 Å². The fourth-order valence-electron chi connectivity index (χ4n) is 8.27. The predicted octanol–water partition coefficient (Wildman–Crippen LogP) is 20.5. The van der Waals surface area contributed by atoms with Crippen LogP contribution in [0, 0.1) is 0 Å². The lowest BCUT2D eigenvalue weighted by atomic mass is 10.1. The van der Waals surface area contributed by atoms with Crippen LogP contribution in [0.15, 0.2) is 97.2 Å². The minimum absolute atomic E-state index is 0.0873. The molecule has 6 nitrogen and oxygen atoms in total. The molecular weight excluding hydrogens is 889 g/mol. The largest absolute Gasteiger partial charge is 0.462 e. The molecule has 0 saturated carbocycles. The molecule has 1 unspecified atom stereocenters. The molecule has 6 heteroatoms. The van der Waals surface area contributed by atoms with Gasteiger partial charge in [-0.3, -0.25) is 14.4 Å². The summed E-state index contributed by atoms with van der Waals surface area (Å²) in [5.41, 5.74) is 0. The van der Waals surface area contributed by atoms with Crippen molar-refractivity contribution in [2.45, 2.75) is 290 Å². The van der Waals surface area contributed by atoms with E-state index in [-0.39, 0.29) is 31.1 Å². The Kier molecular flexibility index (Phi) is 56.8. The third-order valence-electron chi connectivity index (χ3n) is 12.8. The minimum Gasteiger partial charge on any atom is -0.462 e. The van der Waals surface area contributed by atoms with E-state index in [1.165, 1.54) is 122 Å². The molecule has 0 radical (unpaired) electrons. The molecule has 0 bridgehead atoms. The molecule has 0 fully saturated rings. The minimum atomic E-state index is -0.789. The number of ether oxygens (including phenoxy) is 3. The summed E-state index contributed by atoms with van der Waals surface area (Å²) in [7, 11) is 0. The highest BCUT2D eigenvalue weighted by Gasteiger charge is 2.19. The van der Waals surface area contributed by atoms with Gasteiger partial charge in [0.15, 0.2) is 6.10 Å². The van der Waals surface area contributed by atoms with Crippen molar-refractivity contribution in [3.63, 3.8) is 0 Å². The molecule has 0 aliphatic carbocycles. The van der Waals surface area contributed by atoms with E-state index in [1.54, 1.807) is 0 Å². The highest BCUT2D eigenvalue weighted by atomic mass is 16.6. The predicted molar refractivity (Wildman–Crippen MR) is 311 cm³/mol. The number of esters is 3. The zero-order valence-corrected chi connectivity index (χ0v) is 47.2. The van der Waals surface area contributed by atoms with Crippen LogP contribution in [-0.2, 0) is 28.6 Å². The molecule has 0 spiro atoms. The van der Waals surface area contributed by atoms with Crippen molar-refractivity contribution in [3.05, 3.63) is 97.2 Å². The maximum atomic E-state index is 12.9. The lowest BCUT2D eigenvalue weighted by Crippen LogP contribution is -2.30. The smallest absolute Gasteiger partial charge is 0.306 e. The molecule has 0 rings (SSSR count). The lowest BCUT2D eigenvalue weighted by molar-refractivity contribution is -0.167. The lowest BCUT2D eigenvalue weighted by Gasteiger charge is -2.18. The van der Waals surface area contributed by atoms with E-state index in [0.29, 0.717) is 19.3 Å². The second-order valence-corrected chi connectivity index (χ2v) is 19.9. The Labute approximate surface area is 445 Å². The molecule has 0 saturated heterocycles. The third-order valence-corrected chi connectivity index (χ3v) is 12.8. The fraction of sp³-hybridized carbons (Fsp3) is 0.712. The normalized spacial score (nSPS) is 12.8. The summed E-state index contributed by atoms with van der Waals surface area (Å²) in [6.07, 6.45) is 79.8. The molecule has 72 heavy (non-hydrogen) atoms. The zero-order valence-electron chi connectivity index (χ0n) is 47.2. The number of unbranched alkanes of at least 4 members (excludes halogenated alkanes) is 27. The average molecular weight is 1000 g/mol. The van der Waals surface area contributed by atoms with Crippen LogP contribution in [0.1, 0.15) is 284 Å². The molecule has 0 amide bonds. The van der Waals surface area contributed by atoms with E-state index in [2.05, 4.69) is 118 Å². The summed E-state index contributed by atoms with van der Waals surface area (Å²) in [6.45, 7) is 6.45. The number of hydrogen-bond donors (Lipinski definition) is 0. The Hall–Kier alpha value is -3.67. The molecule has 0 heterocycles. The van der Waals surface area contributed by atoms with Crippen molar-refractivity contribution in [1.29, 1.82) is 0 Å². The Morgan fingerprint density at radius 1 is 0.292 bits per heavy atom. The van der Waals surface area contributed by atoms with Gasteiger partial charge < -0.3 is 14.2 Å². The van der Waals surface area contributed by atoms with Crippen LogP contribution in [0.4, 0.5) is 0 Å². The first-order valence-electron chi connectivity index (χ1n) is 30.2. The highest BCUT2D eigenvalue weighted by Crippen LogP contribution is 2.15. The Morgan fingerprint density at radius 3 is 0.917 bits per heavy atom. The van der Waals surface area contributed by atoms with Gasteiger partial charge in [0.2, 0.25) is 0 Å². The van der Waals surface area contributed by atoms with Crippen LogP contribution in [0.25, 0.3) is 0 Å². The van der Waals surface area contributed by atoms with Crippen molar-refractivity contribution in [1.82, 2.24) is 0 Å². The fourth-order valence-corrected chi connectivity index (χ4v) is 8.27. The van der Waals surface area contributed by atoms with Gasteiger partial charge in [-0.1, -0.05) is 246 Å². The molecule has 412 valence electrons. The quantitative estimate of drug-likeness (QED) is 0.0261. The van der Waals surface area contributed by atoms with Gasteiger partial charge in [0.05, 0.1) is 0 Å². The van der Waals surface area contributed by atoms with E-state index >= 15 is 0 Å². The summed E-state index contributed by atoms with van der Waals surface area (Å²) in [6, 6.07) is 0. The van der Waals surface area contributed by atoms with E-state index in [4.69, 9.17) is 14.2 Å². The average Bonchev–Trinajstić information content (AvgIpc) is 3.38. The molecule has 0 aliphatic heterocycles. The van der Waals surface area contributed by atoms with Crippen molar-refractivity contribution in [2.75, 3.05) is 13.2 Å². The van der Waals surface area contributed by atoms with Crippen molar-refractivity contribution in [2.24, 2.45) is 0 Å². The standard InChI is InChI=1S/C66H112O6/c1-4-7-10-13-16-19-22-24-26-28-30-32-33-35-36-38-40-42-44-47-50-53-56-59-65(68)71-62-63(61-70-64(67)58-55-52-49-46-21-18-15-12-9-6-3)72-66(69)60-57-54-51-48-45-43-41-39-37-34-31-29-27-25-23-20-17-14-11-8-5-2/h7,10,12,15-16,19,23-26,29-32,35-36,63H,4-6,8-9,11,13-14,17-18,20-22,27-28,33-34,37-62H2,1-3H3/b10-7-,15-12-,19-16-,25-23-,26-24-,31-29-,32-30-,36-35-. The highest BCUT2D eigenvalue weighted by molar-refractivity contribution is 5.71. The Balaban J connectivity index is 4.32. The molecule has 0 aliphatic rings. The number of carbonyl (C=O) groups excluding carboxylic acids is 3. The van der Waals surface area contributed by atoms with Crippen LogP contribution in [0.2, 0.25) is 0 Å². The third kappa shape index (κ3) is 57.2. The Bertz CT molecular complexity index is 1430. The Morgan fingerprint density at radius 2 is 0.569 bits per heavy atom. The number of carbonyl (C=O) groups is 3. The zero-order chi connectivity index (χ0) is 52.2. The first-order chi connectivity index (χ1) is 35.5. The first-order valence-corrected chi connectivity index (χ1v) is 30.2. The molecule has 1 atom stereocenters. The van der Waals surface area contributed by atoms with Crippen molar-refractivity contribution < 1.29 is 28.6 Å². The van der Waals surface area contributed by atoms with Crippen LogP contribution < -0.4 is 0 Å². The van der Waals surface area contributed by atoms with E-state index in [1.807, 2.05) is 0 Å². The van der Waals surface area contributed by atoms with Crippen molar-refractivity contribution in [3.8, 4) is 0 Å². The topological polar surface area (TPSA) is 78.9 Å². The van der Waals surface area contributed by atoms with Crippen LogP contribution >= 0.6 is 0 Å². The van der Waals surface area contributed by atoms with Crippen LogP contribution in [-0.4, -0.2) is 37.2 Å². The first kappa shape index (κ1) is 68.3. The molecule has 0 aromatic rings. The maximum Gasteiger partial charge on any atom is 0.306 e. The number of allylic oxidation sites excluding steroid dienone is 16. The van der Waals surface area contributed by atoms with E-state index < -0.39 is 6.10 Å². The summed E-state index contributed by atoms with van der Waals surface area (Å²) >= 11 is 0. The van der Waals surface area contributed by atoms with E-state index in [0.717, 1.165) is 122 Å². The van der Waals surface area contributed by atoms with Crippen LogP contribution in [0.3, 0.4) is 0 Å². The second kappa shape index (κ2) is 59.9. The van der Waals surface area contributed by atoms with Gasteiger partial charge >= 0.3 is 17.9 Å². The summed E-state index contributed by atoms with van der Waals surface area (Å²) in [5.74, 6) is -0.908. The SMILES string of the molecule is CC/C=C\C/C=C\C/C=C\C/C=C\C/C=C\CCCCCCCCCC(=O)OCC(COC(=O)CCCCCCC/C=C\CCC)OC(=O)CCCCCCCCCCC/C=C\C/C=C\CCCCCCC. The van der Waals surface area contributed by atoms with Crippen molar-refractivity contribution >= 4 is 17.9 Å². The van der Waals surface area contributed by atoms with Gasteiger partial charge in [0.25, 0.3) is 0 Å². The molecule has 0 N–H and O–H groups in total. The second-order valence-electron chi connectivity index (χ2n) is 19.9. The van der Waals surface area contributed by atoms with Gasteiger partial charge in [0, 0.05) is 19.3 Å². The van der Waals surface area contributed by atoms with Gasteiger partial charge in [-0.2, -0.15) is 0 Å². The number of hydrogen-bond acceptors (Lipinski definition) is 6. The van der Waals surface area contributed by atoms with Gasteiger partial charge in [-0.25, -0.2) is 0 Å².